The second kappa shape index (κ2) is 9.84. The summed E-state index contributed by atoms with van der Waals surface area (Å²) in [5, 5.41) is 10.5. The van der Waals surface area contributed by atoms with E-state index in [1.807, 2.05) is 92.7 Å². The molecule has 0 aliphatic carbocycles. The van der Waals surface area contributed by atoms with Crippen LogP contribution in [-0.4, -0.2) is 56.3 Å². The van der Waals surface area contributed by atoms with Crippen molar-refractivity contribution in [2.45, 2.75) is 49.8 Å². The van der Waals surface area contributed by atoms with Crippen LogP contribution in [0.1, 0.15) is 30.5 Å². The number of aliphatic hydroxyl groups is 1. The molecule has 2 saturated heterocycles. The fourth-order valence-corrected chi connectivity index (χ4v) is 5.07. The van der Waals surface area contributed by atoms with E-state index in [0.29, 0.717) is 0 Å². The van der Waals surface area contributed by atoms with Gasteiger partial charge in [-0.2, -0.15) is 0 Å². The van der Waals surface area contributed by atoms with E-state index in [-0.39, 0.29) is 6.61 Å². The van der Waals surface area contributed by atoms with Gasteiger partial charge in [0.05, 0.1) is 20.8 Å². The Morgan fingerprint density at radius 3 is 1.78 bits per heavy atom. The van der Waals surface area contributed by atoms with E-state index in [4.69, 9.17) is 28.4 Å². The summed E-state index contributed by atoms with van der Waals surface area (Å²) in [4.78, 5) is 0. The van der Waals surface area contributed by atoms with Crippen LogP contribution in [0, 0.1) is 0 Å². The molecule has 2 fully saturated rings. The topological polar surface area (TPSA) is 75.6 Å². The molecule has 4 atom stereocenters. The van der Waals surface area contributed by atoms with Crippen LogP contribution in [-0.2, 0) is 24.5 Å². The molecule has 7 heteroatoms. The average Bonchev–Trinajstić information content (AvgIpc) is 3.38. The van der Waals surface area contributed by atoms with Gasteiger partial charge >= 0.3 is 0 Å². The number of hydrogen-bond donors (Lipinski definition) is 1. The van der Waals surface area contributed by atoms with Gasteiger partial charge in [0.25, 0.3) is 0 Å². The smallest absolute Gasteiger partial charge is 0.184 e. The predicted octanol–water partition coefficient (Wildman–Crippen LogP) is 4.25. The average molecular weight is 493 g/mol. The molecule has 2 aliphatic rings. The fraction of sp³-hybridized carbons (Fsp3) is 0.379. The zero-order valence-electron chi connectivity index (χ0n) is 20.9. The quantitative estimate of drug-likeness (QED) is 0.471. The molecule has 2 heterocycles. The van der Waals surface area contributed by atoms with Crippen LogP contribution >= 0.6 is 0 Å². The van der Waals surface area contributed by atoms with Crippen LogP contribution in [0.5, 0.6) is 11.5 Å². The minimum absolute atomic E-state index is 0.157. The molecule has 0 saturated carbocycles. The molecule has 3 aromatic rings. The Labute approximate surface area is 211 Å². The molecule has 1 N–H and O–H groups in total. The minimum Gasteiger partial charge on any atom is -0.497 e. The lowest BCUT2D eigenvalue weighted by Crippen LogP contribution is -2.39. The van der Waals surface area contributed by atoms with Gasteiger partial charge in [-0.3, -0.25) is 0 Å². The van der Waals surface area contributed by atoms with Gasteiger partial charge in [0, 0.05) is 0 Å². The van der Waals surface area contributed by atoms with Crippen molar-refractivity contribution in [2.24, 2.45) is 0 Å². The van der Waals surface area contributed by atoms with Gasteiger partial charge in [-0.1, -0.05) is 54.6 Å². The first kappa shape index (κ1) is 24.7. The molecular weight excluding hydrogens is 460 g/mol. The molecule has 5 rings (SSSR count). The monoisotopic (exact) mass is 492 g/mol. The second-order valence-corrected chi connectivity index (χ2v) is 9.45. The van der Waals surface area contributed by atoms with Crippen LogP contribution < -0.4 is 9.47 Å². The van der Waals surface area contributed by atoms with Crippen molar-refractivity contribution >= 4 is 0 Å². The Kier molecular flexibility index (Phi) is 6.76. The number of methoxy groups -OCH3 is 2. The van der Waals surface area contributed by atoms with Gasteiger partial charge in [0.1, 0.15) is 35.4 Å². The molecule has 3 aromatic carbocycles. The predicted molar refractivity (Wildman–Crippen MR) is 133 cm³/mol. The van der Waals surface area contributed by atoms with Gasteiger partial charge in [0.15, 0.2) is 12.1 Å². The number of hydrogen-bond acceptors (Lipinski definition) is 7. The number of fused-ring (bicyclic) bond motifs is 1. The van der Waals surface area contributed by atoms with Gasteiger partial charge in [0.2, 0.25) is 0 Å². The van der Waals surface area contributed by atoms with E-state index in [9.17, 15) is 5.11 Å². The number of benzene rings is 3. The molecule has 36 heavy (non-hydrogen) atoms. The van der Waals surface area contributed by atoms with Crippen molar-refractivity contribution in [3.05, 3.63) is 95.6 Å². The van der Waals surface area contributed by atoms with Crippen LogP contribution in [0.25, 0.3) is 0 Å². The summed E-state index contributed by atoms with van der Waals surface area (Å²) in [5.41, 5.74) is 1.79. The van der Waals surface area contributed by atoms with Gasteiger partial charge in [-0.25, -0.2) is 0 Å². The Hall–Kier alpha value is -2.94. The van der Waals surface area contributed by atoms with Crippen LogP contribution in [0.4, 0.5) is 0 Å². The van der Waals surface area contributed by atoms with Crippen LogP contribution in [0.2, 0.25) is 0 Å². The highest BCUT2D eigenvalue weighted by Gasteiger charge is 2.55. The summed E-state index contributed by atoms with van der Waals surface area (Å²) in [6.45, 7) is 3.82. The number of aliphatic hydroxyl groups excluding tert-OH is 1. The summed E-state index contributed by atoms with van der Waals surface area (Å²) < 4.78 is 35.5. The normalized spacial score (nSPS) is 24.9. The summed E-state index contributed by atoms with van der Waals surface area (Å²) in [6.07, 6.45) is -2.62. The highest BCUT2D eigenvalue weighted by atomic mass is 16.8. The maximum atomic E-state index is 10.5. The SMILES string of the molecule is COc1ccc(C(OC[C@H]2OC(O)[C@@H]3OC(C)(C)O[C@H]23)(c2ccccc2)c2ccc(OC)cc2)cc1. The van der Waals surface area contributed by atoms with Gasteiger partial charge in [-0.05, 0) is 54.8 Å². The lowest BCUT2D eigenvalue weighted by atomic mass is 9.80. The van der Waals surface area contributed by atoms with E-state index in [2.05, 4.69) is 0 Å². The zero-order valence-corrected chi connectivity index (χ0v) is 20.9. The molecule has 0 amide bonds. The summed E-state index contributed by atoms with van der Waals surface area (Å²) in [5.74, 6) is 0.694. The molecule has 0 spiro atoms. The summed E-state index contributed by atoms with van der Waals surface area (Å²) >= 11 is 0. The Balaban J connectivity index is 1.58. The molecule has 0 radical (unpaired) electrons. The van der Waals surface area contributed by atoms with Crippen molar-refractivity contribution in [1.29, 1.82) is 0 Å². The largest absolute Gasteiger partial charge is 0.497 e. The molecule has 1 unspecified atom stereocenters. The van der Waals surface area contributed by atoms with Crippen molar-refractivity contribution in [3.8, 4) is 11.5 Å². The van der Waals surface area contributed by atoms with Gasteiger partial charge in [-0.15, -0.1) is 0 Å². The lowest BCUT2D eigenvalue weighted by molar-refractivity contribution is -0.227. The van der Waals surface area contributed by atoms with Crippen LogP contribution in [0.3, 0.4) is 0 Å². The zero-order chi connectivity index (χ0) is 25.3. The maximum absolute atomic E-state index is 10.5. The lowest BCUT2D eigenvalue weighted by Gasteiger charge is -2.37. The van der Waals surface area contributed by atoms with E-state index < -0.39 is 36.0 Å². The molecule has 190 valence electrons. The third-order valence-corrected chi connectivity index (χ3v) is 6.76. The first-order chi connectivity index (χ1) is 17.4. The van der Waals surface area contributed by atoms with Crippen molar-refractivity contribution in [3.63, 3.8) is 0 Å². The highest BCUT2D eigenvalue weighted by Crippen LogP contribution is 2.44. The van der Waals surface area contributed by atoms with Crippen molar-refractivity contribution < 1.29 is 33.5 Å². The van der Waals surface area contributed by atoms with E-state index in [0.717, 1.165) is 28.2 Å². The van der Waals surface area contributed by atoms with Crippen LogP contribution in [0.15, 0.2) is 78.9 Å². The third kappa shape index (κ3) is 4.49. The first-order valence-electron chi connectivity index (χ1n) is 12.0. The third-order valence-electron chi connectivity index (χ3n) is 6.76. The summed E-state index contributed by atoms with van der Waals surface area (Å²) in [6, 6.07) is 25.7. The van der Waals surface area contributed by atoms with E-state index in [1.165, 1.54) is 0 Å². The standard InChI is InChI=1S/C29H32O7/c1-28(2)35-25-24(34-27(30)26(25)36-28)18-33-29(19-8-6-5-7-9-19,20-10-14-22(31-3)15-11-20)21-12-16-23(32-4)17-13-21/h5-17,24-27,30H,18H2,1-4H3/t24-,25-,26-,27?/m1/s1. The fourth-order valence-electron chi connectivity index (χ4n) is 5.07. The first-order valence-corrected chi connectivity index (χ1v) is 12.0. The van der Waals surface area contributed by atoms with E-state index in [1.54, 1.807) is 14.2 Å². The summed E-state index contributed by atoms with van der Waals surface area (Å²) in [7, 11) is 3.29. The minimum atomic E-state index is -1.08. The molecule has 2 aliphatic heterocycles. The Bertz CT molecular complexity index is 1100. The van der Waals surface area contributed by atoms with Crippen molar-refractivity contribution in [1.82, 2.24) is 0 Å². The molecule has 0 aromatic heterocycles. The van der Waals surface area contributed by atoms with E-state index >= 15 is 0 Å². The molecule has 0 bridgehead atoms. The van der Waals surface area contributed by atoms with Crippen molar-refractivity contribution in [2.75, 3.05) is 20.8 Å². The number of ether oxygens (including phenoxy) is 6. The molecule has 7 nitrogen and oxygen atoms in total. The Morgan fingerprint density at radius 1 is 0.750 bits per heavy atom. The second-order valence-electron chi connectivity index (χ2n) is 9.45. The highest BCUT2D eigenvalue weighted by molar-refractivity contribution is 5.49. The molecular formula is C29H32O7. The Morgan fingerprint density at radius 2 is 1.25 bits per heavy atom. The number of rotatable bonds is 8. The maximum Gasteiger partial charge on any atom is 0.184 e. The van der Waals surface area contributed by atoms with Gasteiger partial charge < -0.3 is 33.5 Å².